The molecule has 4 rings (SSSR count). The number of hydrogen-bond donors (Lipinski definition) is 6. The van der Waals surface area contributed by atoms with E-state index in [1.54, 1.807) is 36.4 Å². The Morgan fingerprint density at radius 3 is 1.33 bits per heavy atom. The number of halogens is 2. The molecule has 0 spiro atoms. The SMILES string of the molecule is CCCC.Nc1ccc(N)c(OCCC[n+]2cc[nH]c2)c1.Nc1ccc(N)c(OCCC[n+]2cc[nH]c2)c1.O.O.[Cl-].[Cl-]. The predicted octanol–water partition coefficient (Wildman–Crippen LogP) is -3.96. The smallest absolute Gasteiger partial charge is 0.241 e. The summed E-state index contributed by atoms with van der Waals surface area (Å²) in [7, 11) is 0. The average Bonchev–Trinajstić information content (AvgIpc) is 3.64. The van der Waals surface area contributed by atoms with Crippen molar-refractivity contribution < 1.29 is 54.4 Å². The maximum atomic E-state index is 5.78. The van der Waals surface area contributed by atoms with Crippen molar-refractivity contribution in [2.24, 2.45) is 0 Å². The minimum absolute atomic E-state index is 0. The first-order valence-corrected chi connectivity index (χ1v) is 13.0. The van der Waals surface area contributed by atoms with Gasteiger partial charge in [-0.15, -0.1) is 0 Å². The van der Waals surface area contributed by atoms with Crippen LogP contribution in [0.5, 0.6) is 11.5 Å². The third-order valence-corrected chi connectivity index (χ3v) is 5.42. The lowest BCUT2D eigenvalue weighted by molar-refractivity contribution is -0.696. The lowest BCUT2D eigenvalue weighted by atomic mass is 10.2. The van der Waals surface area contributed by atoms with E-state index in [1.807, 2.05) is 37.4 Å². The Hall–Kier alpha value is -3.84. The fourth-order valence-electron chi connectivity index (χ4n) is 3.13. The van der Waals surface area contributed by atoms with E-state index in [2.05, 4.69) is 32.9 Å². The van der Waals surface area contributed by atoms with Crippen molar-refractivity contribution in [2.75, 3.05) is 36.1 Å². The monoisotopic (exact) mass is 630 g/mol. The average molecular weight is 632 g/mol. The van der Waals surface area contributed by atoms with Gasteiger partial charge in [0.05, 0.1) is 37.7 Å². The highest BCUT2D eigenvalue weighted by Crippen LogP contribution is 2.24. The quantitative estimate of drug-likeness (QED) is 0.0550. The Kier molecular flexibility index (Phi) is 25.3. The van der Waals surface area contributed by atoms with E-state index in [1.165, 1.54) is 12.8 Å². The van der Waals surface area contributed by atoms with Crippen LogP contribution in [0.2, 0.25) is 0 Å². The number of aromatic amines is 2. The first kappa shape index (κ1) is 42.6. The second-order valence-electron chi connectivity index (χ2n) is 8.70. The molecule has 0 bridgehead atoms. The van der Waals surface area contributed by atoms with Gasteiger partial charge in [-0.05, 0) is 24.3 Å². The van der Waals surface area contributed by atoms with Gasteiger partial charge in [-0.2, -0.15) is 0 Å². The van der Waals surface area contributed by atoms with Gasteiger partial charge in [0, 0.05) is 36.3 Å². The third kappa shape index (κ3) is 17.1. The highest BCUT2D eigenvalue weighted by molar-refractivity contribution is 5.60. The number of hydrogen-bond acceptors (Lipinski definition) is 6. The number of aryl methyl sites for hydroxylation is 2. The van der Waals surface area contributed by atoms with Crippen LogP contribution >= 0.6 is 0 Å². The summed E-state index contributed by atoms with van der Waals surface area (Å²) in [4.78, 5) is 5.98. The molecule has 0 saturated carbocycles. The molecule has 238 valence electrons. The third-order valence-electron chi connectivity index (χ3n) is 5.42. The molecule has 42 heavy (non-hydrogen) atoms. The fourth-order valence-corrected chi connectivity index (χ4v) is 3.13. The minimum Gasteiger partial charge on any atom is -1.00 e. The van der Waals surface area contributed by atoms with Crippen LogP contribution < -0.4 is 66.4 Å². The molecule has 0 amide bonds. The van der Waals surface area contributed by atoms with Crippen LogP contribution in [-0.2, 0) is 13.1 Å². The van der Waals surface area contributed by atoms with Crippen LogP contribution in [0.4, 0.5) is 22.7 Å². The van der Waals surface area contributed by atoms with Gasteiger partial charge in [0.25, 0.3) is 0 Å². The predicted molar refractivity (Wildman–Crippen MR) is 161 cm³/mol. The van der Waals surface area contributed by atoms with Gasteiger partial charge in [0.1, 0.15) is 36.3 Å². The topological polar surface area (TPSA) is 225 Å². The van der Waals surface area contributed by atoms with Crippen LogP contribution in [0.25, 0.3) is 0 Å². The molecule has 0 saturated heterocycles. The summed E-state index contributed by atoms with van der Waals surface area (Å²) in [6.45, 7) is 7.41. The molecule has 4 aromatic rings. The number of unbranched alkanes of at least 4 members (excludes halogenated alkanes) is 1. The molecule has 0 unspecified atom stereocenters. The second kappa shape index (κ2) is 24.9. The first-order valence-electron chi connectivity index (χ1n) is 13.0. The molecule has 2 heterocycles. The Morgan fingerprint density at radius 1 is 0.643 bits per heavy atom. The summed E-state index contributed by atoms with van der Waals surface area (Å²) in [5, 5.41) is 0. The van der Waals surface area contributed by atoms with E-state index in [-0.39, 0.29) is 35.8 Å². The normalized spacial score (nSPS) is 9.10. The summed E-state index contributed by atoms with van der Waals surface area (Å²) >= 11 is 0. The lowest BCUT2D eigenvalue weighted by Gasteiger charge is -2.08. The molecule has 2 aromatic carbocycles. The van der Waals surface area contributed by atoms with Crippen molar-refractivity contribution >= 4 is 22.7 Å². The fraction of sp³-hybridized carbons (Fsp3) is 0.357. The maximum absolute atomic E-state index is 5.78. The van der Waals surface area contributed by atoms with Crippen molar-refractivity contribution in [1.82, 2.24) is 9.97 Å². The number of H-pyrrole nitrogens is 2. The minimum atomic E-state index is 0. The van der Waals surface area contributed by atoms with Gasteiger partial charge in [-0.1, -0.05) is 26.7 Å². The Labute approximate surface area is 260 Å². The summed E-state index contributed by atoms with van der Waals surface area (Å²) < 4.78 is 15.3. The number of rotatable bonds is 11. The van der Waals surface area contributed by atoms with Crippen LogP contribution in [0.1, 0.15) is 39.5 Å². The van der Waals surface area contributed by atoms with Crippen molar-refractivity contribution in [1.29, 1.82) is 0 Å². The maximum Gasteiger partial charge on any atom is 0.241 e. The van der Waals surface area contributed by atoms with Crippen LogP contribution in [0, 0.1) is 0 Å². The zero-order valence-electron chi connectivity index (χ0n) is 24.4. The summed E-state index contributed by atoms with van der Waals surface area (Å²) in [5.41, 5.74) is 25.4. The van der Waals surface area contributed by atoms with Gasteiger partial charge >= 0.3 is 0 Å². The number of nitrogen functional groups attached to an aromatic ring is 4. The lowest BCUT2D eigenvalue weighted by Crippen LogP contribution is -3.00. The molecule has 12 nitrogen and oxygen atoms in total. The first-order chi connectivity index (χ1) is 18.4. The summed E-state index contributed by atoms with van der Waals surface area (Å²) in [5.74, 6) is 1.31. The van der Waals surface area contributed by atoms with E-state index in [9.17, 15) is 0 Å². The van der Waals surface area contributed by atoms with Crippen molar-refractivity contribution in [3.05, 3.63) is 73.8 Å². The highest BCUT2D eigenvalue weighted by atomic mass is 35.5. The number of imidazole rings is 2. The number of nitrogens with zero attached hydrogens (tertiary/aromatic N) is 2. The molecule has 0 aliphatic heterocycles. The molecule has 0 radical (unpaired) electrons. The Balaban J connectivity index is -0.000000592. The number of benzene rings is 2. The Bertz CT molecular complexity index is 1080. The molecule has 0 fully saturated rings. The van der Waals surface area contributed by atoms with Crippen molar-refractivity contribution in [3.8, 4) is 11.5 Å². The second-order valence-corrected chi connectivity index (χ2v) is 8.70. The van der Waals surface area contributed by atoms with Crippen LogP contribution in [0.15, 0.2) is 73.8 Å². The van der Waals surface area contributed by atoms with Gasteiger partial charge in [0.15, 0.2) is 0 Å². The van der Waals surface area contributed by atoms with E-state index in [4.69, 9.17) is 32.4 Å². The summed E-state index contributed by atoms with van der Waals surface area (Å²) in [6, 6.07) is 10.5. The molecule has 14 N–H and O–H groups in total. The van der Waals surface area contributed by atoms with Gasteiger partial charge in [0.2, 0.25) is 12.7 Å². The van der Waals surface area contributed by atoms with Gasteiger partial charge in [-0.3, -0.25) is 9.97 Å². The van der Waals surface area contributed by atoms with E-state index >= 15 is 0 Å². The molecule has 0 atom stereocenters. The van der Waals surface area contributed by atoms with Crippen LogP contribution in [-0.4, -0.2) is 34.1 Å². The molecule has 2 aromatic heterocycles. The van der Waals surface area contributed by atoms with Crippen molar-refractivity contribution in [3.63, 3.8) is 0 Å². The standard InChI is InChI=1S/2C12H16N4O.C4H10.2ClH.2H2O/c2*13-10-2-3-11(14)12(8-10)17-7-1-5-16-6-4-15-9-16;1-3-4-2;;;;/h2*2-4,6,8-9H,1,5,7,13-14H2;3-4H2,1-2H3;2*1H;2*1H2. The summed E-state index contributed by atoms with van der Waals surface area (Å²) in [6.07, 6.45) is 16.0. The van der Waals surface area contributed by atoms with E-state index in [0.717, 1.165) is 25.9 Å². The molecular weight excluding hydrogens is 583 g/mol. The zero-order valence-corrected chi connectivity index (χ0v) is 25.9. The zero-order chi connectivity index (χ0) is 27.6. The van der Waals surface area contributed by atoms with E-state index in [0.29, 0.717) is 47.5 Å². The largest absolute Gasteiger partial charge is 1.00 e. The van der Waals surface area contributed by atoms with Crippen LogP contribution in [0.3, 0.4) is 0 Å². The number of anilines is 4. The van der Waals surface area contributed by atoms with Gasteiger partial charge in [-0.25, -0.2) is 9.13 Å². The number of nitrogens with one attached hydrogen (secondary N) is 2. The molecule has 0 aliphatic rings. The Morgan fingerprint density at radius 2 is 1.02 bits per heavy atom. The molecule has 0 aliphatic carbocycles. The molecule has 14 heteroatoms. The van der Waals surface area contributed by atoms with E-state index < -0.39 is 0 Å². The number of ether oxygens (including phenoxy) is 2. The van der Waals surface area contributed by atoms with Crippen molar-refractivity contribution in [2.45, 2.75) is 52.6 Å². The molecular formula is C28H48Cl2N8O4. The highest BCUT2D eigenvalue weighted by Gasteiger charge is 2.03. The van der Waals surface area contributed by atoms with Gasteiger partial charge < -0.3 is 68.2 Å². The number of aromatic nitrogens is 4. The number of nitrogens with two attached hydrogens (primary N) is 4.